The lowest BCUT2D eigenvalue weighted by molar-refractivity contribution is -0.142. The maximum Gasteiger partial charge on any atom is 0.435 e. The van der Waals surface area contributed by atoms with Crippen LogP contribution >= 0.6 is 0 Å². The van der Waals surface area contributed by atoms with Gasteiger partial charge < -0.3 is 14.4 Å². The summed E-state index contributed by atoms with van der Waals surface area (Å²) in [7, 11) is 0. The molecule has 0 atom stereocenters. The number of likely N-dealkylation sites (tertiary alicyclic amines) is 1. The molecule has 0 unspecified atom stereocenters. The molecule has 0 aliphatic carbocycles. The van der Waals surface area contributed by atoms with Crippen molar-refractivity contribution in [2.75, 3.05) is 13.1 Å². The number of piperidine rings is 1. The summed E-state index contributed by atoms with van der Waals surface area (Å²) in [4.78, 5) is 14.1. The van der Waals surface area contributed by atoms with Gasteiger partial charge in [0.2, 0.25) is 11.8 Å². The first-order valence-corrected chi connectivity index (χ1v) is 11.1. The molecular formula is C23H22F5N5O3. The minimum atomic E-state index is -4.57. The van der Waals surface area contributed by atoms with E-state index in [4.69, 9.17) is 9.47 Å². The Bertz CT molecular complexity index is 1190. The topological polar surface area (TPSA) is 82.4 Å². The van der Waals surface area contributed by atoms with E-state index in [1.165, 1.54) is 13.0 Å². The van der Waals surface area contributed by atoms with Gasteiger partial charge in [0.1, 0.15) is 24.9 Å². The number of amides is 1. The van der Waals surface area contributed by atoms with Gasteiger partial charge in [-0.2, -0.15) is 18.3 Å². The van der Waals surface area contributed by atoms with Gasteiger partial charge >= 0.3 is 6.18 Å². The first-order chi connectivity index (χ1) is 17.1. The molecular weight excluding hydrogens is 489 g/mol. The van der Waals surface area contributed by atoms with Crippen molar-refractivity contribution in [1.29, 1.82) is 0 Å². The third-order valence-electron chi connectivity index (χ3n) is 5.62. The lowest BCUT2D eigenvalue weighted by Crippen LogP contribution is -2.43. The van der Waals surface area contributed by atoms with Crippen molar-refractivity contribution in [3.63, 3.8) is 0 Å². The van der Waals surface area contributed by atoms with Crippen LogP contribution in [-0.2, 0) is 24.1 Å². The van der Waals surface area contributed by atoms with E-state index in [0.717, 1.165) is 22.9 Å². The summed E-state index contributed by atoms with van der Waals surface area (Å²) >= 11 is 0. The van der Waals surface area contributed by atoms with Gasteiger partial charge in [0.25, 0.3) is 0 Å². The van der Waals surface area contributed by atoms with Gasteiger partial charge in [0.05, 0.1) is 0 Å². The van der Waals surface area contributed by atoms with Crippen molar-refractivity contribution in [1.82, 2.24) is 24.9 Å². The number of aromatic nitrogens is 4. The Morgan fingerprint density at radius 1 is 1.08 bits per heavy atom. The van der Waals surface area contributed by atoms with E-state index in [1.54, 1.807) is 17.0 Å². The summed E-state index contributed by atoms with van der Waals surface area (Å²) < 4.78 is 77.8. The van der Waals surface area contributed by atoms with Crippen molar-refractivity contribution < 1.29 is 36.2 Å². The van der Waals surface area contributed by atoms with Gasteiger partial charge in [-0.1, -0.05) is 6.07 Å². The minimum Gasteiger partial charge on any atom is -0.481 e. The predicted octanol–water partition coefficient (Wildman–Crippen LogP) is 3.93. The average molecular weight is 511 g/mol. The molecule has 13 heteroatoms. The number of para-hydroxylation sites is 1. The molecule has 1 aliphatic rings. The number of alkyl halides is 3. The summed E-state index contributed by atoms with van der Waals surface area (Å²) in [6, 6.07) is 7.42. The molecule has 1 fully saturated rings. The van der Waals surface area contributed by atoms with Crippen molar-refractivity contribution in [3.8, 4) is 11.6 Å². The van der Waals surface area contributed by atoms with Gasteiger partial charge in [0, 0.05) is 37.7 Å². The second kappa shape index (κ2) is 10.5. The molecule has 2 aromatic heterocycles. The second-order valence-electron chi connectivity index (χ2n) is 8.23. The van der Waals surface area contributed by atoms with Gasteiger partial charge in [-0.15, -0.1) is 10.2 Å². The molecule has 3 heterocycles. The maximum atomic E-state index is 13.6. The summed E-state index contributed by atoms with van der Waals surface area (Å²) in [5, 5.41) is 11.4. The highest BCUT2D eigenvalue weighted by Crippen LogP contribution is 2.28. The molecule has 0 spiro atoms. The number of benzene rings is 1. The van der Waals surface area contributed by atoms with E-state index in [0.29, 0.717) is 31.6 Å². The average Bonchev–Trinajstić information content (AvgIpc) is 3.21. The van der Waals surface area contributed by atoms with Crippen LogP contribution in [0, 0.1) is 18.6 Å². The van der Waals surface area contributed by atoms with Crippen molar-refractivity contribution in [2.45, 2.75) is 45.2 Å². The third-order valence-corrected chi connectivity index (χ3v) is 5.62. The number of carbonyl (C=O) groups excluding carboxylic acids is 1. The van der Waals surface area contributed by atoms with E-state index in [-0.39, 0.29) is 36.7 Å². The number of halogens is 5. The minimum absolute atomic E-state index is 0.189. The van der Waals surface area contributed by atoms with Crippen molar-refractivity contribution in [2.24, 2.45) is 0 Å². The Kier molecular flexibility index (Phi) is 7.36. The summed E-state index contributed by atoms with van der Waals surface area (Å²) in [5.74, 6) is -2.22. The SMILES string of the molecule is Cc1cc(C(F)(F)F)nn1CC(=O)N1CCC(Oc2ccc(COc3c(F)cccc3F)nn2)CC1. The highest BCUT2D eigenvalue weighted by atomic mass is 19.4. The molecule has 0 saturated carbocycles. The zero-order valence-electron chi connectivity index (χ0n) is 19.1. The number of aryl methyl sites for hydroxylation is 1. The summed E-state index contributed by atoms with van der Waals surface area (Å²) in [6.07, 6.45) is -3.81. The summed E-state index contributed by atoms with van der Waals surface area (Å²) in [6.45, 7) is 1.73. The van der Waals surface area contributed by atoms with Gasteiger partial charge in [-0.3, -0.25) is 9.48 Å². The molecule has 8 nitrogen and oxygen atoms in total. The van der Waals surface area contributed by atoms with Gasteiger partial charge in [-0.25, -0.2) is 8.78 Å². The fourth-order valence-corrected chi connectivity index (χ4v) is 3.68. The van der Waals surface area contributed by atoms with E-state index in [1.807, 2.05) is 0 Å². The molecule has 0 bridgehead atoms. The monoisotopic (exact) mass is 511 g/mol. The number of ether oxygens (including phenoxy) is 2. The van der Waals surface area contributed by atoms with E-state index in [2.05, 4.69) is 15.3 Å². The van der Waals surface area contributed by atoms with Crippen LogP contribution in [0.25, 0.3) is 0 Å². The first kappa shape index (κ1) is 25.3. The molecule has 3 aromatic rings. The zero-order valence-corrected chi connectivity index (χ0v) is 19.1. The molecule has 1 saturated heterocycles. The highest BCUT2D eigenvalue weighted by molar-refractivity contribution is 5.76. The Morgan fingerprint density at radius 3 is 2.36 bits per heavy atom. The number of nitrogens with zero attached hydrogens (tertiary/aromatic N) is 5. The van der Waals surface area contributed by atoms with Crippen LogP contribution in [0.2, 0.25) is 0 Å². The van der Waals surface area contributed by atoms with E-state index < -0.39 is 29.3 Å². The number of carbonyl (C=O) groups is 1. The van der Waals surface area contributed by atoms with Crippen LogP contribution in [-0.4, -0.2) is 50.0 Å². The van der Waals surface area contributed by atoms with Crippen molar-refractivity contribution >= 4 is 5.91 Å². The van der Waals surface area contributed by atoms with Crippen molar-refractivity contribution in [3.05, 3.63) is 65.1 Å². The van der Waals surface area contributed by atoms with Gasteiger partial charge in [0.15, 0.2) is 23.1 Å². The van der Waals surface area contributed by atoms with Gasteiger partial charge in [-0.05, 0) is 31.2 Å². The standard InChI is InChI=1S/C23H22F5N5O3/c1-14-11-19(23(26,27)28)31-33(14)12-21(34)32-9-7-16(8-10-32)36-20-6-5-15(29-30-20)13-35-22-17(24)3-2-4-18(22)25/h2-6,11,16H,7-10,12-13H2,1H3. The lowest BCUT2D eigenvalue weighted by Gasteiger charge is -2.32. The Morgan fingerprint density at radius 2 is 1.78 bits per heavy atom. The molecule has 1 amide bonds. The van der Waals surface area contributed by atoms with E-state index in [9.17, 15) is 26.7 Å². The molecule has 1 aliphatic heterocycles. The van der Waals surface area contributed by atoms with Crippen LogP contribution in [0.4, 0.5) is 22.0 Å². The second-order valence-corrected chi connectivity index (χ2v) is 8.23. The fraction of sp³-hybridized carbons (Fsp3) is 0.391. The fourth-order valence-electron chi connectivity index (χ4n) is 3.68. The smallest absolute Gasteiger partial charge is 0.435 e. The third kappa shape index (κ3) is 6.07. The molecule has 36 heavy (non-hydrogen) atoms. The maximum absolute atomic E-state index is 13.6. The Labute approximate surface area is 202 Å². The molecule has 0 radical (unpaired) electrons. The Balaban J connectivity index is 1.24. The zero-order chi connectivity index (χ0) is 25.9. The van der Waals surface area contributed by atoms with Crippen LogP contribution < -0.4 is 9.47 Å². The van der Waals surface area contributed by atoms with Crippen LogP contribution in [0.3, 0.4) is 0 Å². The van der Waals surface area contributed by atoms with E-state index >= 15 is 0 Å². The highest BCUT2D eigenvalue weighted by Gasteiger charge is 2.35. The van der Waals surface area contributed by atoms with Crippen LogP contribution in [0.5, 0.6) is 11.6 Å². The summed E-state index contributed by atoms with van der Waals surface area (Å²) in [5.41, 5.74) is -0.439. The number of hydrogen-bond acceptors (Lipinski definition) is 6. The predicted molar refractivity (Wildman–Crippen MR) is 115 cm³/mol. The normalized spacial score (nSPS) is 14.7. The quantitative estimate of drug-likeness (QED) is 0.448. The first-order valence-electron chi connectivity index (χ1n) is 11.1. The molecule has 192 valence electrons. The largest absolute Gasteiger partial charge is 0.481 e. The van der Waals surface area contributed by atoms with Crippen LogP contribution in [0.15, 0.2) is 36.4 Å². The number of hydrogen-bond donors (Lipinski definition) is 0. The number of rotatable bonds is 7. The molecule has 4 rings (SSSR count). The molecule has 0 N–H and O–H groups in total. The molecule has 1 aromatic carbocycles. The lowest BCUT2D eigenvalue weighted by atomic mass is 10.1. The Hall–Kier alpha value is -3.77. The van der Waals surface area contributed by atoms with Crippen LogP contribution in [0.1, 0.15) is 29.9 Å².